The zero-order valence-corrected chi connectivity index (χ0v) is 11.9. The highest BCUT2D eigenvalue weighted by Gasteiger charge is 2.09. The third kappa shape index (κ3) is 5.00. The van der Waals surface area contributed by atoms with Crippen molar-refractivity contribution >= 4 is 23.0 Å². The van der Waals surface area contributed by atoms with Crippen molar-refractivity contribution < 1.29 is 13.5 Å². The van der Waals surface area contributed by atoms with Gasteiger partial charge in [0.2, 0.25) is 0 Å². The summed E-state index contributed by atoms with van der Waals surface area (Å²) in [5.74, 6) is 0.0522. The van der Waals surface area contributed by atoms with E-state index < -0.39 is 6.61 Å². The number of nitrogens with one attached hydrogen (secondary N) is 2. The molecule has 0 aliphatic carbocycles. The lowest BCUT2D eigenvalue weighted by molar-refractivity contribution is -0.0493. The summed E-state index contributed by atoms with van der Waals surface area (Å²) < 4.78 is 29.0. The molecular formula is C15H14F2N2OS. The van der Waals surface area contributed by atoms with Gasteiger partial charge in [0.05, 0.1) is 5.69 Å². The van der Waals surface area contributed by atoms with Crippen LogP contribution in [0.25, 0.3) is 0 Å². The van der Waals surface area contributed by atoms with Gasteiger partial charge < -0.3 is 15.4 Å². The third-order valence-corrected chi connectivity index (χ3v) is 2.89. The number of anilines is 1. The summed E-state index contributed by atoms with van der Waals surface area (Å²) in [7, 11) is 0. The van der Waals surface area contributed by atoms with Gasteiger partial charge in [0.1, 0.15) is 5.75 Å². The van der Waals surface area contributed by atoms with Crippen LogP contribution in [0.5, 0.6) is 5.75 Å². The van der Waals surface area contributed by atoms with E-state index in [1.54, 1.807) is 18.2 Å². The van der Waals surface area contributed by atoms with Crippen LogP contribution in [0.3, 0.4) is 0 Å². The first kappa shape index (κ1) is 15.2. The first-order valence-corrected chi connectivity index (χ1v) is 6.68. The van der Waals surface area contributed by atoms with E-state index in [0.29, 0.717) is 17.3 Å². The van der Waals surface area contributed by atoms with Gasteiger partial charge in [-0.15, -0.1) is 0 Å². The van der Waals surface area contributed by atoms with Gasteiger partial charge in [0.15, 0.2) is 5.11 Å². The van der Waals surface area contributed by atoms with Gasteiger partial charge in [0, 0.05) is 6.54 Å². The quantitative estimate of drug-likeness (QED) is 0.824. The Balaban J connectivity index is 1.93. The molecule has 0 radical (unpaired) electrons. The van der Waals surface area contributed by atoms with E-state index in [2.05, 4.69) is 15.4 Å². The number of rotatable bonds is 5. The molecule has 21 heavy (non-hydrogen) atoms. The highest BCUT2D eigenvalue weighted by Crippen LogP contribution is 2.25. The van der Waals surface area contributed by atoms with Crippen molar-refractivity contribution in [3.63, 3.8) is 0 Å². The first-order chi connectivity index (χ1) is 10.1. The van der Waals surface area contributed by atoms with Crippen LogP contribution in [-0.2, 0) is 6.54 Å². The molecule has 0 fully saturated rings. The molecule has 0 heterocycles. The maximum atomic E-state index is 12.3. The maximum Gasteiger partial charge on any atom is 0.387 e. The van der Waals surface area contributed by atoms with Crippen LogP contribution in [-0.4, -0.2) is 11.7 Å². The smallest absolute Gasteiger partial charge is 0.387 e. The Labute approximate surface area is 126 Å². The number of ether oxygens (including phenoxy) is 1. The number of benzene rings is 2. The second-order valence-electron chi connectivity index (χ2n) is 4.17. The van der Waals surface area contributed by atoms with Crippen LogP contribution in [0, 0.1) is 0 Å². The van der Waals surface area contributed by atoms with E-state index in [4.69, 9.17) is 12.2 Å². The molecule has 110 valence electrons. The van der Waals surface area contributed by atoms with Crippen molar-refractivity contribution in [2.24, 2.45) is 0 Å². The Morgan fingerprint density at radius 1 is 1.05 bits per heavy atom. The SMILES string of the molecule is FC(F)Oc1ccccc1NC(=S)NCc1ccccc1. The summed E-state index contributed by atoms with van der Waals surface area (Å²) in [5.41, 5.74) is 1.46. The van der Waals surface area contributed by atoms with Gasteiger partial charge in [-0.3, -0.25) is 0 Å². The van der Waals surface area contributed by atoms with Crippen molar-refractivity contribution in [1.29, 1.82) is 0 Å². The molecular weight excluding hydrogens is 294 g/mol. The summed E-state index contributed by atoms with van der Waals surface area (Å²) in [6.45, 7) is -2.33. The highest BCUT2D eigenvalue weighted by molar-refractivity contribution is 7.80. The Bertz CT molecular complexity index is 593. The fourth-order valence-corrected chi connectivity index (χ4v) is 1.90. The van der Waals surface area contributed by atoms with Crippen molar-refractivity contribution in [3.05, 3.63) is 60.2 Å². The zero-order valence-electron chi connectivity index (χ0n) is 11.1. The predicted molar refractivity (Wildman–Crippen MR) is 82.6 cm³/mol. The van der Waals surface area contributed by atoms with E-state index in [0.717, 1.165) is 5.56 Å². The molecule has 2 aromatic rings. The van der Waals surface area contributed by atoms with Gasteiger partial charge >= 0.3 is 6.61 Å². The zero-order chi connectivity index (χ0) is 15.1. The Morgan fingerprint density at radius 2 is 1.71 bits per heavy atom. The van der Waals surface area contributed by atoms with E-state index in [1.807, 2.05) is 30.3 Å². The van der Waals surface area contributed by atoms with E-state index in [9.17, 15) is 8.78 Å². The fourth-order valence-electron chi connectivity index (χ4n) is 1.71. The third-order valence-electron chi connectivity index (χ3n) is 2.65. The molecule has 6 heteroatoms. The summed E-state index contributed by atoms with van der Waals surface area (Å²) in [5, 5.41) is 6.19. The summed E-state index contributed by atoms with van der Waals surface area (Å²) in [6.07, 6.45) is 0. The number of thiocarbonyl (C=S) groups is 1. The number of alkyl halides is 2. The molecule has 2 rings (SSSR count). The summed E-state index contributed by atoms with van der Waals surface area (Å²) in [4.78, 5) is 0. The second kappa shape index (κ2) is 7.54. The van der Waals surface area contributed by atoms with Crippen LogP contribution in [0.1, 0.15) is 5.56 Å². The maximum absolute atomic E-state index is 12.3. The van der Waals surface area contributed by atoms with E-state index >= 15 is 0 Å². The number of hydrogen-bond donors (Lipinski definition) is 2. The van der Waals surface area contributed by atoms with Crippen LogP contribution in [0.4, 0.5) is 14.5 Å². The van der Waals surface area contributed by atoms with Gasteiger partial charge in [-0.05, 0) is 29.9 Å². The normalized spacial score (nSPS) is 10.2. The molecule has 0 saturated carbocycles. The van der Waals surface area contributed by atoms with E-state index in [1.165, 1.54) is 6.07 Å². The van der Waals surface area contributed by atoms with Gasteiger partial charge in [-0.2, -0.15) is 8.78 Å². The second-order valence-corrected chi connectivity index (χ2v) is 4.58. The van der Waals surface area contributed by atoms with Crippen molar-refractivity contribution in [2.75, 3.05) is 5.32 Å². The Kier molecular flexibility index (Phi) is 5.45. The number of para-hydroxylation sites is 2. The van der Waals surface area contributed by atoms with E-state index in [-0.39, 0.29) is 5.75 Å². The molecule has 0 spiro atoms. The molecule has 0 aliphatic rings. The molecule has 2 aromatic carbocycles. The lowest BCUT2D eigenvalue weighted by Crippen LogP contribution is -2.28. The lowest BCUT2D eigenvalue weighted by atomic mass is 10.2. The molecule has 0 unspecified atom stereocenters. The van der Waals surface area contributed by atoms with Gasteiger partial charge in [-0.25, -0.2) is 0 Å². The highest BCUT2D eigenvalue weighted by atomic mass is 32.1. The predicted octanol–water partition coefficient (Wildman–Crippen LogP) is 3.77. The fraction of sp³-hybridized carbons (Fsp3) is 0.133. The first-order valence-electron chi connectivity index (χ1n) is 6.28. The molecule has 0 aromatic heterocycles. The van der Waals surface area contributed by atoms with Crippen LogP contribution < -0.4 is 15.4 Å². The number of hydrogen-bond acceptors (Lipinski definition) is 2. The molecule has 3 nitrogen and oxygen atoms in total. The van der Waals surface area contributed by atoms with Gasteiger partial charge in [-0.1, -0.05) is 42.5 Å². The van der Waals surface area contributed by atoms with Gasteiger partial charge in [0.25, 0.3) is 0 Å². The van der Waals surface area contributed by atoms with Crippen molar-refractivity contribution in [1.82, 2.24) is 5.32 Å². The Hall–Kier alpha value is -2.21. The molecule has 2 N–H and O–H groups in total. The van der Waals surface area contributed by atoms with Crippen molar-refractivity contribution in [3.8, 4) is 5.75 Å². The van der Waals surface area contributed by atoms with Crippen molar-refractivity contribution in [2.45, 2.75) is 13.2 Å². The number of halogens is 2. The van der Waals surface area contributed by atoms with Crippen LogP contribution >= 0.6 is 12.2 Å². The minimum absolute atomic E-state index is 0.0522. The minimum atomic E-state index is -2.88. The molecule has 0 atom stereocenters. The minimum Gasteiger partial charge on any atom is -0.433 e. The Morgan fingerprint density at radius 3 is 2.43 bits per heavy atom. The average molecular weight is 308 g/mol. The molecule has 0 saturated heterocycles. The standard InChI is InChI=1S/C15H14F2N2OS/c16-14(17)20-13-9-5-4-8-12(13)19-15(21)18-10-11-6-2-1-3-7-11/h1-9,14H,10H2,(H2,18,19,21). The summed E-state index contributed by atoms with van der Waals surface area (Å²) >= 11 is 5.14. The van der Waals surface area contributed by atoms with Crippen LogP contribution in [0.15, 0.2) is 54.6 Å². The largest absolute Gasteiger partial charge is 0.433 e. The monoisotopic (exact) mass is 308 g/mol. The molecule has 0 amide bonds. The lowest BCUT2D eigenvalue weighted by Gasteiger charge is -2.14. The van der Waals surface area contributed by atoms with Crippen LogP contribution in [0.2, 0.25) is 0 Å². The summed E-state index contributed by atoms with van der Waals surface area (Å²) in [6, 6.07) is 16.1. The topological polar surface area (TPSA) is 33.3 Å². The average Bonchev–Trinajstić information content (AvgIpc) is 2.48. The molecule has 0 bridgehead atoms. The molecule has 0 aliphatic heterocycles.